The summed E-state index contributed by atoms with van der Waals surface area (Å²) in [5, 5.41) is 13.8. The van der Waals surface area contributed by atoms with Gasteiger partial charge in [0.2, 0.25) is 5.91 Å². The van der Waals surface area contributed by atoms with Gasteiger partial charge in [-0.25, -0.2) is 0 Å². The second kappa shape index (κ2) is 8.67. The Morgan fingerprint density at radius 3 is 2.63 bits per heavy atom. The number of aliphatic hydroxyl groups excluding tert-OH is 1. The Morgan fingerprint density at radius 1 is 1.10 bits per heavy atom. The van der Waals surface area contributed by atoms with Gasteiger partial charge in [0.05, 0.1) is 6.10 Å². The minimum atomic E-state index is -0.358. The first kappa shape index (κ1) is 21.3. The van der Waals surface area contributed by atoms with Crippen LogP contribution >= 0.6 is 0 Å². The van der Waals surface area contributed by atoms with Crippen molar-refractivity contribution in [2.24, 2.45) is 11.3 Å². The van der Waals surface area contributed by atoms with Gasteiger partial charge in [0, 0.05) is 48.8 Å². The van der Waals surface area contributed by atoms with Crippen molar-refractivity contribution in [1.82, 2.24) is 9.80 Å². The monoisotopic (exact) mass is 413 g/mol. The maximum absolute atomic E-state index is 13.3. The molecule has 2 atom stereocenters. The van der Waals surface area contributed by atoms with Crippen molar-refractivity contribution in [2.45, 2.75) is 58.0 Å². The first-order valence-corrected chi connectivity index (χ1v) is 11.5. The first-order chi connectivity index (χ1) is 14.4. The van der Waals surface area contributed by atoms with E-state index in [4.69, 9.17) is 0 Å². The Hall–Kier alpha value is -1.92. The van der Waals surface area contributed by atoms with E-state index >= 15 is 0 Å². The zero-order valence-electron chi connectivity index (χ0n) is 18.3. The number of rotatable bonds is 3. The summed E-state index contributed by atoms with van der Waals surface area (Å²) in [6.45, 7) is 5.00. The first-order valence-electron chi connectivity index (χ1n) is 11.5. The van der Waals surface area contributed by atoms with Crippen molar-refractivity contribution < 1.29 is 14.7 Å². The molecule has 0 unspecified atom stereocenters. The van der Waals surface area contributed by atoms with Gasteiger partial charge < -0.3 is 20.2 Å². The van der Waals surface area contributed by atoms with Crippen LogP contribution in [-0.2, 0) is 4.79 Å². The molecule has 6 nitrogen and oxygen atoms in total. The van der Waals surface area contributed by atoms with Crippen molar-refractivity contribution in [3.05, 3.63) is 29.3 Å². The highest BCUT2D eigenvalue weighted by molar-refractivity contribution is 5.98. The average molecular weight is 414 g/mol. The molecule has 164 valence electrons. The largest absolute Gasteiger partial charge is 0.392 e. The second-order valence-corrected chi connectivity index (χ2v) is 9.74. The van der Waals surface area contributed by atoms with E-state index in [9.17, 15) is 14.7 Å². The van der Waals surface area contributed by atoms with Gasteiger partial charge in [-0.2, -0.15) is 0 Å². The molecule has 4 rings (SSSR count). The molecule has 1 aromatic carbocycles. The third-order valence-corrected chi connectivity index (χ3v) is 7.44. The van der Waals surface area contributed by atoms with Gasteiger partial charge in [0.25, 0.3) is 5.91 Å². The van der Waals surface area contributed by atoms with Crippen LogP contribution in [0.25, 0.3) is 0 Å². The quantitative estimate of drug-likeness (QED) is 0.799. The Balaban J connectivity index is 1.49. The van der Waals surface area contributed by atoms with Gasteiger partial charge in [0.15, 0.2) is 0 Å². The van der Waals surface area contributed by atoms with Gasteiger partial charge in [-0.1, -0.05) is 18.9 Å². The number of amides is 2. The molecule has 0 aromatic heterocycles. The zero-order valence-corrected chi connectivity index (χ0v) is 18.3. The lowest BCUT2D eigenvalue weighted by Gasteiger charge is -2.50. The van der Waals surface area contributed by atoms with Crippen molar-refractivity contribution in [3.8, 4) is 0 Å². The van der Waals surface area contributed by atoms with E-state index in [1.54, 1.807) is 0 Å². The normalized spacial score (nSPS) is 28.1. The smallest absolute Gasteiger partial charge is 0.253 e. The molecular formula is C24H35N3O3. The van der Waals surface area contributed by atoms with E-state index in [1.165, 1.54) is 0 Å². The van der Waals surface area contributed by atoms with Gasteiger partial charge >= 0.3 is 0 Å². The van der Waals surface area contributed by atoms with E-state index in [2.05, 4.69) is 17.3 Å². The SMILES string of the molecule is Cc1ccc(C(=O)N2CCC[C@]3(CN(C)CC[C@@H]3O)C2)cc1NC(=O)C1CCCC1. The Kier molecular flexibility index (Phi) is 6.16. The van der Waals surface area contributed by atoms with E-state index < -0.39 is 0 Å². The lowest BCUT2D eigenvalue weighted by molar-refractivity contribution is -0.119. The van der Waals surface area contributed by atoms with Crippen LogP contribution in [0.1, 0.15) is 60.9 Å². The molecular weight excluding hydrogens is 378 g/mol. The molecule has 2 aliphatic heterocycles. The molecule has 2 saturated heterocycles. The maximum atomic E-state index is 13.3. The number of nitrogens with zero attached hydrogens (tertiary/aromatic N) is 2. The summed E-state index contributed by atoms with van der Waals surface area (Å²) >= 11 is 0. The minimum absolute atomic E-state index is 0.00846. The summed E-state index contributed by atoms with van der Waals surface area (Å²) in [5.41, 5.74) is 2.09. The second-order valence-electron chi connectivity index (χ2n) is 9.74. The molecule has 0 bridgehead atoms. The molecule has 0 radical (unpaired) electrons. The van der Waals surface area contributed by atoms with Crippen LogP contribution in [0.15, 0.2) is 18.2 Å². The summed E-state index contributed by atoms with van der Waals surface area (Å²) < 4.78 is 0. The summed E-state index contributed by atoms with van der Waals surface area (Å²) in [6.07, 6.45) is 6.42. The number of aryl methyl sites for hydroxylation is 1. The van der Waals surface area contributed by atoms with E-state index in [0.717, 1.165) is 69.3 Å². The fraction of sp³-hybridized carbons (Fsp3) is 0.667. The molecule has 1 aromatic rings. The van der Waals surface area contributed by atoms with Crippen LogP contribution < -0.4 is 5.32 Å². The highest BCUT2D eigenvalue weighted by Gasteiger charge is 2.45. The number of benzene rings is 1. The Bertz CT molecular complexity index is 805. The van der Waals surface area contributed by atoms with E-state index in [0.29, 0.717) is 18.7 Å². The van der Waals surface area contributed by atoms with Gasteiger partial charge in [-0.15, -0.1) is 0 Å². The van der Waals surface area contributed by atoms with Crippen LogP contribution in [0.5, 0.6) is 0 Å². The third kappa shape index (κ3) is 4.26. The number of anilines is 1. The van der Waals surface area contributed by atoms with Crippen LogP contribution in [0, 0.1) is 18.3 Å². The van der Waals surface area contributed by atoms with Gasteiger partial charge in [-0.3, -0.25) is 9.59 Å². The topological polar surface area (TPSA) is 72.9 Å². The Morgan fingerprint density at radius 2 is 1.87 bits per heavy atom. The van der Waals surface area contributed by atoms with Gasteiger partial charge in [0.1, 0.15) is 0 Å². The van der Waals surface area contributed by atoms with E-state index in [1.807, 2.05) is 30.0 Å². The Labute approximate surface area is 179 Å². The molecule has 30 heavy (non-hydrogen) atoms. The van der Waals surface area contributed by atoms with Crippen molar-refractivity contribution >= 4 is 17.5 Å². The number of hydrogen-bond acceptors (Lipinski definition) is 4. The molecule has 2 heterocycles. The number of aliphatic hydroxyl groups is 1. The summed E-state index contributed by atoms with van der Waals surface area (Å²) in [6, 6.07) is 5.60. The number of carbonyl (C=O) groups excluding carboxylic acids is 2. The summed E-state index contributed by atoms with van der Waals surface area (Å²) in [7, 11) is 2.09. The molecule has 3 aliphatic rings. The van der Waals surface area contributed by atoms with Crippen LogP contribution in [0.3, 0.4) is 0 Å². The predicted octanol–water partition coefficient (Wildman–Crippen LogP) is 3.04. The zero-order chi connectivity index (χ0) is 21.3. The summed E-state index contributed by atoms with van der Waals surface area (Å²) in [5.74, 6) is 0.159. The summed E-state index contributed by atoms with van der Waals surface area (Å²) in [4.78, 5) is 30.1. The fourth-order valence-corrected chi connectivity index (χ4v) is 5.60. The maximum Gasteiger partial charge on any atom is 0.253 e. The lowest BCUT2D eigenvalue weighted by atomic mass is 9.71. The highest BCUT2D eigenvalue weighted by Crippen LogP contribution is 2.39. The lowest BCUT2D eigenvalue weighted by Crippen LogP contribution is -2.59. The number of hydrogen-bond donors (Lipinski definition) is 2. The highest BCUT2D eigenvalue weighted by atomic mass is 16.3. The van der Waals surface area contributed by atoms with Crippen LogP contribution in [0.4, 0.5) is 5.69 Å². The predicted molar refractivity (Wildman–Crippen MR) is 117 cm³/mol. The van der Waals surface area contributed by atoms with Crippen molar-refractivity contribution in [2.75, 3.05) is 38.5 Å². The van der Waals surface area contributed by atoms with Crippen LogP contribution in [0.2, 0.25) is 0 Å². The number of likely N-dealkylation sites (tertiary alicyclic amines) is 2. The third-order valence-electron chi connectivity index (χ3n) is 7.44. The number of nitrogens with one attached hydrogen (secondary N) is 1. The standard InChI is InChI=1S/C24H35N3O3/c1-17-8-9-19(14-20(17)25-22(29)18-6-3-4-7-18)23(30)27-12-5-11-24(16-27)15-26(2)13-10-21(24)28/h8-9,14,18,21,28H,3-7,10-13,15-16H2,1-2H3,(H,25,29)/t21-,24-/m0/s1. The molecule has 2 N–H and O–H groups in total. The average Bonchev–Trinajstić information content (AvgIpc) is 3.27. The van der Waals surface area contributed by atoms with Crippen LogP contribution in [-0.4, -0.2) is 66.1 Å². The molecule has 1 saturated carbocycles. The van der Waals surface area contributed by atoms with Crippen molar-refractivity contribution in [3.63, 3.8) is 0 Å². The number of carbonyl (C=O) groups is 2. The minimum Gasteiger partial charge on any atom is -0.392 e. The van der Waals surface area contributed by atoms with E-state index in [-0.39, 0.29) is 29.3 Å². The molecule has 1 aliphatic carbocycles. The number of piperidine rings is 2. The fourth-order valence-electron chi connectivity index (χ4n) is 5.60. The van der Waals surface area contributed by atoms with Gasteiger partial charge in [-0.05, 0) is 63.8 Å². The molecule has 6 heteroatoms. The molecule has 1 spiro atoms. The molecule has 3 fully saturated rings. The van der Waals surface area contributed by atoms with Crippen molar-refractivity contribution in [1.29, 1.82) is 0 Å². The molecule has 2 amide bonds.